The lowest BCUT2D eigenvalue weighted by Gasteiger charge is -2.55. The average molecular weight is 368 g/mol. The Morgan fingerprint density at radius 3 is 2.35 bits per heavy atom. The summed E-state index contributed by atoms with van der Waals surface area (Å²) >= 11 is 0. The van der Waals surface area contributed by atoms with Crippen LogP contribution in [0.1, 0.15) is 53.4 Å². The zero-order valence-corrected chi connectivity index (χ0v) is 16.3. The van der Waals surface area contributed by atoms with Gasteiger partial charge in [0.1, 0.15) is 11.2 Å². The van der Waals surface area contributed by atoms with Gasteiger partial charge in [-0.15, -0.1) is 0 Å². The van der Waals surface area contributed by atoms with Gasteiger partial charge < -0.3 is 19.8 Å². The molecule has 0 spiro atoms. The second-order valence-corrected chi connectivity index (χ2v) is 9.70. The summed E-state index contributed by atoms with van der Waals surface area (Å²) in [6.07, 6.45) is 2.93. The maximum absolute atomic E-state index is 12.1. The monoisotopic (exact) mass is 368 g/mol. The molecule has 26 heavy (non-hydrogen) atoms. The number of aliphatic hydroxyl groups is 1. The predicted octanol–water partition coefficient (Wildman–Crippen LogP) is 1.93. The van der Waals surface area contributed by atoms with Crippen molar-refractivity contribution in [3.63, 3.8) is 0 Å². The minimum absolute atomic E-state index is 0.117. The molecule has 2 aliphatic heterocycles. The van der Waals surface area contributed by atoms with Crippen LogP contribution < -0.4 is 0 Å². The molecular weight excluding hydrogens is 336 g/mol. The maximum Gasteiger partial charge on any atom is 0.410 e. The molecule has 1 atom stereocenters. The standard InChI is InChI=1S/C19H32N2O5/c1-17(2,3)26-16(24)21-11-19(25,12-21)13-6-5-7-20(10-13)14-8-18(4,9-14)15(22)23/h13-14,25H,5-12H2,1-4H3,(H,22,23)/t13-,14?,18?/m0/s1. The van der Waals surface area contributed by atoms with E-state index in [-0.39, 0.29) is 12.0 Å². The van der Waals surface area contributed by atoms with Crippen LogP contribution in [0, 0.1) is 11.3 Å². The van der Waals surface area contributed by atoms with E-state index in [1.807, 2.05) is 27.7 Å². The van der Waals surface area contributed by atoms with Crippen LogP contribution in [0.2, 0.25) is 0 Å². The van der Waals surface area contributed by atoms with E-state index >= 15 is 0 Å². The fourth-order valence-corrected chi connectivity index (χ4v) is 4.52. The van der Waals surface area contributed by atoms with Gasteiger partial charge in [0.15, 0.2) is 0 Å². The molecule has 7 nitrogen and oxygen atoms in total. The van der Waals surface area contributed by atoms with E-state index in [0.29, 0.717) is 32.0 Å². The third kappa shape index (κ3) is 3.69. The number of carbonyl (C=O) groups excluding carboxylic acids is 1. The molecule has 2 saturated heterocycles. The number of hydrogen-bond acceptors (Lipinski definition) is 5. The molecule has 148 valence electrons. The van der Waals surface area contributed by atoms with Crippen LogP contribution in [0.25, 0.3) is 0 Å². The van der Waals surface area contributed by atoms with E-state index in [0.717, 1.165) is 25.9 Å². The third-order valence-corrected chi connectivity index (χ3v) is 6.20. The van der Waals surface area contributed by atoms with Gasteiger partial charge in [0, 0.05) is 18.5 Å². The number of piperidine rings is 1. The highest BCUT2D eigenvalue weighted by Crippen LogP contribution is 2.45. The van der Waals surface area contributed by atoms with Crippen LogP contribution in [0.15, 0.2) is 0 Å². The van der Waals surface area contributed by atoms with E-state index in [1.165, 1.54) is 0 Å². The largest absolute Gasteiger partial charge is 0.481 e. The smallest absolute Gasteiger partial charge is 0.410 e. The summed E-state index contributed by atoms with van der Waals surface area (Å²) in [5.74, 6) is -0.598. The highest BCUT2D eigenvalue weighted by Gasteiger charge is 2.53. The van der Waals surface area contributed by atoms with Crippen LogP contribution >= 0.6 is 0 Å². The van der Waals surface area contributed by atoms with Crippen molar-refractivity contribution in [2.45, 2.75) is 70.6 Å². The maximum atomic E-state index is 12.1. The van der Waals surface area contributed by atoms with Gasteiger partial charge in [-0.3, -0.25) is 9.69 Å². The average Bonchev–Trinajstić information content (AvgIpc) is 2.46. The van der Waals surface area contributed by atoms with Crippen LogP contribution in [0.3, 0.4) is 0 Å². The highest BCUT2D eigenvalue weighted by atomic mass is 16.6. The van der Waals surface area contributed by atoms with E-state index in [4.69, 9.17) is 4.74 Å². The first-order valence-electron chi connectivity index (χ1n) is 9.60. The minimum Gasteiger partial charge on any atom is -0.481 e. The van der Waals surface area contributed by atoms with Crippen molar-refractivity contribution in [2.75, 3.05) is 26.2 Å². The number of likely N-dealkylation sites (tertiary alicyclic amines) is 2. The van der Waals surface area contributed by atoms with Crippen LogP contribution in [-0.2, 0) is 9.53 Å². The van der Waals surface area contributed by atoms with Gasteiger partial charge in [0.25, 0.3) is 0 Å². The van der Waals surface area contributed by atoms with Crippen molar-refractivity contribution in [2.24, 2.45) is 11.3 Å². The van der Waals surface area contributed by atoms with Gasteiger partial charge in [0.2, 0.25) is 0 Å². The van der Waals surface area contributed by atoms with Gasteiger partial charge >= 0.3 is 12.1 Å². The number of carboxylic acid groups (broad SMARTS) is 1. The van der Waals surface area contributed by atoms with Crippen molar-refractivity contribution in [3.8, 4) is 0 Å². The molecule has 1 aliphatic carbocycles. The van der Waals surface area contributed by atoms with Crippen LogP contribution in [0.5, 0.6) is 0 Å². The second-order valence-electron chi connectivity index (χ2n) is 9.70. The second kappa shape index (κ2) is 6.37. The quantitative estimate of drug-likeness (QED) is 0.791. The molecule has 2 heterocycles. The first-order chi connectivity index (χ1) is 11.9. The predicted molar refractivity (Wildman–Crippen MR) is 95.8 cm³/mol. The number of β-amino-alcohol motifs (C(OH)–C–C–N with tert-alkyl or cyclic N) is 1. The molecule has 3 aliphatic rings. The Kier molecular flexibility index (Phi) is 4.76. The summed E-state index contributed by atoms with van der Waals surface area (Å²) in [7, 11) is 0. The number of amides is 1. The summed E-state index contributed by atoms with van der Waals surface area (Å²) in [4.78, 5) is 27.3. The Bertz CT molecular complexity index is 573. The van der Waals surface area contributed by atoms with E-state index in [1.54, 1.807) is 4.90 Å². The van der Waals surface area contributed by atoms with Crippen molar-refractivity contribution in [1.29, 1.82) is 0 Å². The van der Waals surface area contributed by atoms with Crippen molar-refractivity contribution < 1.29 is 24.5 Å². The molecule has 3 fully saturated rings. The van der Waals surface area contributed by atoms with Gasteiger partial charge in [-0.25, -0.2) is 4.79 Å². The summed E-state index contributed by atoms with van der Waals surface area (Å²) in [5, 5.41) is 20.3. The lowest BCUT2D eigenvalue weighted by atomic mass is 9.65. The Morgan fingerprint density at radius 2 is 1.81 bits per heavy atom. The Morgan fingerprint density at radius 1 is 1.19 bits per heavy atom. The number of nitrogens with zero attached hydrogens (tertiary/aromatic N) is 2. The molecule has 3 rings (SSSR count). The molecule has 1 amide bonds. The fourth-order valence-electron chi connectivity index (χ4n) is 4.52. The summed E-state index contributed by atoms with van der Waals surface area (Å²) in [6.45, 7) is 9.68. The number of ether oxygens (including phenoxy) is 1. The SMILES string of the molecule is CC(C)(C)OC(=O)N1CC(O)([C@H]2CCCN(C3CC(C)(C(=O)O)C3)C2)C1. The lowest BCUT2D eigenvalue weighted by Crippen LogP contribution is -2.69. The van der Waals surface area contributed by atoms with Crippen LogP contribution in [0.4, 0.5) is 4.79 Å². The van der Waals surface area contributed by atoms with E-state index in [2.05, 4.69) is 4.90 Å². The molecule has 0 aromatic heterocycles. The van der Waals surface area contributed by atoms with E-state index < -0.39 is 22.6 Å². The highest BCUT2D eigenvalue weighted by molar-refractivity contribution is 5.75. The first kappa shape index (κ1) is 19.4. The zero-order valence-electron chi connectivity index (χ0n) is 16.3. The summed E-state index contributed by atoms with van der Waals surface area (Å²) in [5.41, 5.74) is -1.98. The van der Waals surface area contributed by atoms with Crippen molar-refractivity contribution >= 4 is 12.1 Å². The molecule has 2 N–H and O–H groups in total. The third-order valence-electron chi connectivity index (χ3n) is 6.20. The number of aliphatic carboxylic acids is 1. The molecule has 0 bridgehead atoms. The lowest BCUT2D eigenvalue weighted by molar-refractivity contribution is -0.164. The van der Waals surface area contributed by atoms with Crippen molar-refractivity contribution in [3.05, 3.63) is 0 Å². The number of hydrogen-bond donors (Lipinski definition) is 2. The molecular formula is C19H32N2O5. The molecule has 1 saturated carbocycles. The normalized spacial score (nSPS) is 34.6. The van der Waals surface area contributed by atoms with Gasteiger partial charge in [-0.2, -0.15) is 0 Å². The topological polar surface area (TPSA) is 90.3 Å². The minimum atomic E-state index is -0.852. The number of carboxylic acids is 1. The zero-order chi connectivity index (χ0) is 19.3. The fraction of sp³-hybridized carbons (Fsp3) is 0.895. The Balaban J connectivity index is 1.51. The van der Waals surface area contributed by atoms with Crippen LogP contribution in [-0.4, -0.2) is 75.5 Å². The summed E-state index contributed by atoms with van der Waals surface area (Å²) in [6, 6.07) is 0.296. The Hall–Kier alpha value is -1.34. The molecule has 7 heteroatoms. The van der Waals surface area contributed by atoms with Gasteiger partial charge in [0.05, 0.1) is 18.5 Å². The van der Waals surface area contributed by atoms with Gasteiger partial charge in [-0.05, 0) is 59.9 Å². The molecule has 0 aromatic carbocycles. The molecule has 0 radical (unpaired) electrons. The number of rotatable bonds is 3. The number of carbonyl (C=O) groups is 2. The molecule has 0 aromatic rings. The van der Waals surface area contributed by atoms with Gasteiger partial charge in [-0.1, -0.05) is 0 Å². The first-order valence-corrected chi connectivity index (χ1v) is 9.60. The molecule has 0 unspecified atom stereocenters. The summed E-state index contributed by atoms with van der Waals surface area (Å²) < 4.78 is 5.36. The van der Waals surface area contributed by atoms with E-state index in [9.17, 15) is 19.8 Å². The van der Waals surface area contributed by atoms with Crippen molar-refractivity contribution in [1.82, 2.24) is 9.80 Å². The Labute approximate surface area is 155 Å².